The molecule has 0 unspecified atom stereocenters. The van der Waals surface area contributed by atoms with Crippen molar-refractivity contribution in [2.24, 2.45) is 0 Å². The maximum Gasteiger partial charge on any atom is 0.234 e. The maximum absolute atomic E-state index is 9.20. The summed E-state index contributed by atoms with van der Waals surface area (Å²) in [4.78, 5) is 8.58. The monoisotopic (exact) mass is 402 g/mol. The van der Waals surface area contributed by atoms with Crippen molar-refractivity contribution in [1.29, 1.82) is 5.26 Å². The van der Waals surface area contributed by atoms with Crippen molar-refractivity contribution in [3.8, 4) is 11.8 Å². The zero-order valence-corrected chi connectivity index (χ0v) is 16.7. The van der Waals surface area contributed by atoms with Gasteiger partial charge in [0.2, 0.25) is 5.82 Å². The van der Waals surface area contributed by atoms with E-state index in [9.17, 15) is 5.26 Å². The minimum Gasteiger partial charge on any atom is -0.497 e. The minimum absolute atomic E-state index is 0.180. The molecule has 2 aromatic carbocycles. The first-order valence-electron chi connectivity index (χ1n) is 9.29. The summed E-state index contributed by atoms with van der Waals surface area (Å²) in [5.41, 5.74) is 4.29. The number of hydrogen-bond donors (Lipinski definition) is 0. The van der Waals surface area contributed by atoms with E-state index in [0.717, 1.165) is 46.9 Å². The largest absolute Gasteiger partial charge is 0.497 e. The first-order chi connectivity index (χ1) is 14.2. The van der Waals surface area contributed by atoms with Crippen LogP contribution in [0.2, 0.25) is 5.02 Å². The number of aromatic nitrogens is 3. The van der Waals surface area contributed by atoms with Crippen LogP contribution in [0.15, 0.2) is 60.8 Å². The van der Waals surface area contributed by atoms with Gasteiger partial charge in [-0.05, 0) is 47.9 Å². The molecule has 0 aliphatic heterocycles. The molecule has 0 spiro atoms. The van der Waals surface area contributed by atoms with E-state index in [1.807, 2.05) is 42.5 Å². The van der Waals surface area contributed by atoms with Crippen LogP contribution in [-0.4, -0.2) is 21.6 Å². The highest BCUT2D eigenvalue weighted by atomic mass is 35.5. The summed E-state index contributed by atoms with van der Waals surface area (Å²) in [7, 11) is 1.66. The van der Waals surface area contributed by atoms with Crippen LogP contribution < -0.4 is 4.74 Å². The van der Waals surface area contributed by atoms with Gasteiger partial charge in [-0.3, -0.25) is 0 Å². The molecule has 4 aromatic rings. The standard InChI is InChI=1S/C23H19ClN4O/c1-29-21-8-4-17(5-9-21)12-20-13-18-15-26-22(14-25)27-23(18)28(20)11-10-16-2-6-19(24)7-3-16/h2-9,13,15H,10-12H2,1H3. The molecule has 0 amide bonds. The summed E-state index contributed by atoms with van der Waals surface area (Å²) in [5.74, 6) is 1.01. The van der Waals surface area contributed by atoms with Gasteiger partial charge in [0, 0.05) is 35.3 Å². The van der Waals surface area contributed by atoms with Crippen LogP contribution >= 0.6 is 11.6 Å². The second kappa shape index (κ2) is 8.34. The third kappa shape index (κ3) is 4.23. The lowest BCUT2D eigenvalue weighted by molar-refractivity contribution is 0.414. The van der Waals surface area contributed by atoms with Crippen molar-refractivity contribution in [3.05, 3.63) is 88.5 Å². The molecule has 0 saturated carbocycles. The summed E-state index contributed by atoms with van der Waals surface area (Å²) in [6.07, 6.45) is 3.31. The molecular formula is C23H19ClN4O. The number of methoxy groups -OCH3 is 1. The van der Waals surface area contributed by atoms with Gasteiger partial charge in [-0.1, -0.05) is 35.9 Å². The predicted octanol–water partition coefficient (Wildman–Crippen LogP) is 4.80. The Morgan fingerprint density at radius 1 is 1.07 bits per heavy atom. The second-order valence-corrected chi connectivity index (χ2v) is 7.21. The summed E-state index contributed by atoms with van der Waals surface area (Å²) < 4.78 is 7.43. The quantitative estimate of drug-likeness (QED) is 0.464. The number of nitriles is 1. The molecule has 0 atom stereocenters. The summed E-state index contributed by atoms with van der Waals surface area (Å²) in [6, 6.07) is 20.1. The average Bonchev–Trinajstić information content (AvgIpc) is 3.10. The number of hydrogen-bond acceptors (Lipinski definition) is 4. The Hall–Kier alpha value is -3.36. The SMILES string of the molecule is COc1ccc(Cc2cc3cnc(C#N)nc3n2CCc2ccc(Cl)cc2)cc1. The summed E-state index contributed by atoms with van der Waals surface area (Å²) >= 11 is 6.00. The molecule has 2 heterocycles. The fourth-order valence-electron chi connectivity index (χ4n) is 3.39. The van der Waals surface area contributed by atoms with Crippen molar-refractivity contribution in [3.63, 3.8) is 0 Å². The minimum atomic E-state index is 0.180. The Morgan fingerprint density at radius 2 is 1.79 bits per heavy atom. The van der Waals surface area contributed by atoms with Crippen LogP contribution in [0.1, 0.15) is 22.6 Å². The van der Waals surface area contributed by atoms with Gasteiger partial charge in [0.25, 0.3) is 0 Å². The fourth-order valence-corrected chi connectivity index (χ4v) is 3.51. The zero-order chi connectivity index (χ0) is 20.2. The van der Waals surface area contributed by atoms with Gasteiger partial charge in [-0.15, -0.1) is 0 Å². The lowest BCUT2D eigenvalue weighted by Gasteiger charge is -2.11. The van der Waals surface area contributed by atoms with Crippen LogP contribution in [0.25, 0.3) is 11.0 Å². The van der Waals surface area contributed by atoms with Crippen LogP contribution in [-0.2, 0) is 19.4 Å². The van der Waals surface area contributed by atoms with Crippen molar-refractivity contribution in [1.82, 2.24) is 14.5 Å². The molecule has 144 valence electrons. The Morgan fingerprint density at radius 3 is 2.48 bits per heavy atom. The van der Waals surface area contributed by atoms with Crippen molar-refractivity contribution in [2.75, 3.05) is 7.11 Å². The smallest absolute Gasteiger partial charge is 0.234 e. The number of ether oxygens (including phenoxy) is 1. The molecule has 0 saturated heterocycles. The van der Waals surface area contributed by atoms with Gasteiger partial charge >= 0.3 is 0 Å². The van der Waals surface area contributed by atoms with E-state index < -0.39 is 0 Å². The first-order valence-corrected chi connectivity index (χ1v) is 9.66. The van der Waals surface area contributed by atoms with Gasteiger partial charge in [-0.25, -0.2) is 9.97 Å². The van der Waals surface area contributed by atoms with Gasteiger partial charge in [0.1, 0.15) is 17.5 Å². The predicted molar refractivity (Wildman–Crippen MR) is 113 cm³/mol. The summed E-state index contributed by atoms with van der Waals surface area (Å²) in [6.45, 7) is 0.749. The van der Waals surface area contributed by atoms with Crippen LogP contribution in [0.3, 0.4) is 0 Å². The van der Waals surface area contributed by atoms with E-state index >= 15 is 0 Å². The lowest BCUT2D eigenvalue weighted by atomic mass is 10.1. The van der Waals surface area contributed by atoms with Gasteiger partial charge in [0.05, 0.1) is 7.11 Å². The van der Waals surface area contributed by atoms with Crippen LogP contribution in [0, 0.1) is 11.3 Å². The van der Waals surface area contributed by atoms with Crippen molar-refractivity contribution in [2.45, 2.75) is 19.4 Å². The number of aryl methyl sites for hydroxylation is 2. The molecule has 0 aliphatic carbocycles. The van der Waals surface area contributed by atoms with E-state index in [1.54, 1.807) is 13.3 Å². The molecule has 6 heteroatoms. The molecule has 0 fully saturated rings. The third-order valence-electron chi connectivity index (χ3n) is 4.90. The number of rotatable bonds is 6. The molecule has 2 aromatic heterocycles. The number of nitrogens with zero attached hydrogens (tertiary/aromatic N) is 4. The molecule has 0 radical (unpaired) electrons. The van der Waals surface area contributed by atoms with E-state index in [4.69, 9.17) is 16.3 Å². The molecule has 29 heavy (non-hydrogen) atoms. The molecular weight excluding hydrogens is 384 g/mol. The van der Waals surface area contributed by atoms with Crippen molar-refractivity contribution < 1.29 is 4.74 Å². The molecule has 4 rings (SSSR count). The van der Waals surface area contributed by atoms with Crippen LogP contribution in [0.4, 0.5) is 0 Å². The Bertz CT molecular complexity index is 1170. The molecule has 0 N–H and O–H groups in total. The van der Waals surface area contributed by atoms with E-state index in [-0.39, 0.29) is 5.82 Å². The first kappa shape index (κ1) is 19.0. The number of fused-ring (bicyclic) bond motifs is 1. The normalized spacial score (nSPS) is 10.8. The van der Waals surface area contributed by atoms with E-state index in [2.05, 4.69) is 32.7 Å². The average molecular weight is 403 g/mol. The topological polar surface area (TPSA) is 63.7 Å². The second-order valence-electron chi connectivity index (χ2n) is 6.77. The van der Waals surface area contributed by atoms with E-state index in [1.165, 1.54) is 11.1 Å². The van der Waals surface area contributed by atoms with E-state index in [0.29, 0.717) is 0 Å². The number of halogens is 1. The highest BCUT2D eigenvalue weighted by Crippen LogP contribution is 2.22. The zero-order valence-electron chi connectivity index (χ0n) is 16.0. The Kier molecular flexibility index (Phi) is 5.46. The third-order valence-corrected chi connectivity index (χ3v) is 5.15. The van der Waals surface area contributed by atoms with Gasteiger partial charge < -0.3 is 9.30 Å². The fraction of sp³-hybridized carbons (Fsp3) is 0.174. The van der Waals surface area contributed by atoms with Crippen molar-refractivity contribution >= 4 is 22.6 Å². The highest BCUT2D eigenvalue weighted by molar-refractivity contribution is 6.30. The molecule has 5 nitrogen and oxygen atoms in total. The maximum atomic E-state index is 9.20. The Labute approximate surface area is 174 Å². The molecule has 0 bridgehead atoms. The van der Waals surface area contributed by atoms with Gasteiger partial charge in [-0.2, -0.15) is 5.26 Å². The molecule has 0 aliphatic rings. The lowest BCUT2D eigenvalue weighted by Crippen LogP contribution is -2.07. The van der Waals surface area contributed by atoms with Gasteiger partial charge in [0.15, 0.2) is 0 Å². The Balaban J connectivity index is 1.68. The highest BCUT2D eigenvalue weighted by Gasteiger charge is 2.13. The summed E-state index contributed by atoms with van der Waals surface area (Å²) in [5, 5.41) is 10.9. The number of benzene rings is 2. The van der Waals surface area contributed by atoms with Crippen LogP contribution in [0.5, 0.6) is 5.75 Å².